The predicted molar refractivity (Wildman–Crippen MR) is 128 cm³/mol. The Balaban J connectivity index is 1.91. The van der Waals surface area contributed by atoms with Crippen LogP contribution in [0.5, 0.6) is 5.75 Å². The quantitative estimate of drug-likeness (QED) is 0.274. The maximum atomic E-state index is 6.97. The summed E-state index contributed by atoms with van der Waals surface area (Å²) in [4.78, 5) is 0. The molecule has 0 bridgehead atoms. The van der Waals surface area contributed by atoms with Gasteiger partial charge in [-0.2, -0.15) is 0 Å². The van der Waals surface area contributed by atoms with Crippen LogP contribution in [0.15, 0.2) is 66.8 Å². The van der Waals surface area contributed by atoms with Gasteiger partial charge in [0, 0.05) is 6.61 Å². The molecule has 0 radical (unpaired) electrons. The molecule has 0 aliphatic heterocycles. The zero-order chi connectivity index (χ0) is 21.4. The van der Waals surface area contributed by atoms with Gasteiger partial charge in [0.05, 0.1) is 17.0 Å². The molecule has 2 atom stereocenters. The van der Waals surface area contributed by atoms with E-state index in [1.807, 2.05) is 36.4 Å². The summed E-state index contributed by atoms with van der Waals surface area (Å²) in [6, 6.07) is 16.1. The molecule has 4 heteroatoms. The van der Waals surface area contributed by atoms with E-state index in [9.17, 15) is 0 Å². The van der Waals surface area contributed by atoms with Gasteiger partial charge >= 0.3 is 0 Å². The normalized spacial score (nSPS) is 20.8. The molecule has 0 N–H and O–H groups in total. The van der Waals surface area contributed by atoms with E-state index in [4.69, 9.17) is 32.7 Å². The van der Waals surface area contributed by atoms with E-state index in [-0.39, 0.29) is 5.38 Å². The molecule has 0 amide bonds. The Morgan fingerprint density at radius 2 is 1.70 bits per heavy atom. The van der Waals surface area contributed by atoms with Crippen molar-refractivity contribution < 1.29 is 9.47 Å². The second-order valence-electron chi connectivity index (χ2n) is 7.57. The summed E-state index contributed by atoms with van der Waals surface area (Å²) in [5, 5.41) is 0.217. The topological polar surface area (TPSA) is 18.5 Å². The molecule has 30 heavy (non-hydrogen) atoms. The molecular weight excluding hydrogens is 415 g/mol. The molecule has 0 saturated carbocycles. The molecule has 3 rings (SSSR count). The van der Waals surface area contributed by atoms with Crippen LogP contribution in [0, 0.1) is 0 Å². The Morgan fingerprint density at radius 1 is 0.967 bits per heavy atom. The number of hydrogen-bond donors (Lipinski definition) is 0. The highest BCUT2D eigenvalue weighted by Crippen LogP contribution is 2.43. The largest absolute Gasteiger partial charge is 0.492 e. The van der Waals surface area contributed by atoms with Gasteiger partial charge in [-0.1, -0.05) is 86.8 Å². The minimum absolute atomic E-state index is 0.363. The Labute approximate surface area is 190 Å². The van der Waals surface area contributed by atoms with Crippen molar-refractivity contribution in [1.29, 1.82) is 0 Å². The van der Waals surface area contributed by atoms with E-state index in [0.717, 1.165) is 42.4 Å². The number of halogens is 2. The molecule has 2 aromatic rings. The van der Waals surface area contributed by atoms with E-state index < -0.39 is 5.60 Å². The van der Waals surface area contributed by atoms with Crippen LogP contribution >= 0.6 is 23.2 Å². The van der Waals surface area contributed by atoms with Gasteiger partial charge in [0.15, 0.2) is 0 Å². The lowest BCUT2D eigenvalue weighted by Crippen LogP contribution is -2.38. The maximum Gasteiger partial charge on any atom is 0.137 e. The lowest BCUT2D eigenvalue weighted by Gasteiger charge is -2.37. The van der Waals surface area contributed by atoms with Crippen molar-refractivity contribution in [2.24, 2.45) is 0 Å². The van der Waals surface area contributed by atoms with E-state index in [2.05, 4.69) is 44.2 Å². The highest BCUT2D eigenvalue weighted by Gasteiger charge is 2.40. The second kappa shape index (κ2) is 11.0. The van der Waals surface area contributed by atoms with Crippen LogP contribution < -0.4 is 4.74 Å². The average molecular weight is 445 g/mol. The Hall–Kier alpha value is -1.74. The fourth-order valence-corrected chi connectivity index (χ4v) is 4.14. The van der Waals surface area contributed by atoms with Gasteiger partial charge in [0.2, 0.25) is 0 Å². The SMILES string of the molecule is CCCCOc1ccc(C2(OCCCC)C=CC(c3ccccc3)=CC2Cl)cc1Cl. The number of benzene rings is 2. The number of allylic oxidation sites excluding steroid dienone is 2. The molecule has 1 aliphatic carbocycles. The molecular formula is C26H30Cl2O2. The summed E-state index contributed by atoms with van der Waals surface area (Å²) in [7, 11) is 0. The van der Waals surface area contributed by atoms with Gasteiger partial charge in [0.1, 0.15) is 11.4 Å². The fourth-order valence-electron chi connectivity index (χ4n) is 3.50. The standard InChI is InChI=1S/C26H30Cl2O2/c1-3-5-16-29-24-13-12-22(19-23(24)27)26(30-17-6-4-2)15-14-21(18-25(26)28)20-10-8-7-9-11-20/h7-15,18-19,25H,3-6,16-17H2,1-2H3. The van der Waals surface area contributed by atoms with Crippen molar-refractivity contribution in [3.63, 3.8) is 0 Å². The first-order valence-electron chi connectivity index (χ1n) is 10.8. The molecule has 1 aliphatic rings. The highest BCUT2D eigenvalue weighted by atomic mass is 35.5. The summed E-state index contributed by atoms with van der Waals surface area (Å²) in [5.74, 6) is 0.698. The number of unbranched alkanes of at least 4 members (excludes halogenated alkanes) is 2. The minimum Gasteiger partial charge on any atom is -0.492 e. The number of alkyl halides is 1. The summed E-state index contributed by atoms with van der Waals surface area (Å²) in [6.07, 6.45) is 10.4. The van der Waals surface area contributed by atoms with Crippen molar-refractivity contribution in [3.05, 3.63) is 82.9 Å². The zero-order valence-electron chi connectivity index (χ0n) is 17.7. The summed E-state index contributed by atoms with van der Waals surface area (Å²) >= 11 is 13.5. The average Bonchev–Trinajstić information content (AvgIpc) is 2.77. The predicted octanol–water partition coefficient (Wildman–Crippen LogP) is 7.79. The van der Waals surface area contributed by atoms with Crippen LogP contribution in [-0.2, 0) is 10.3 Å². The Kier molecular flexibility index (Phi) is 8.44. The van der Waals surface area contributed by atoms with Crippen LogP contribution in [0.25, 0.3) is 5.57 Å². The van der Waals surface area contributed by atoms with Gasteiger partial charge in [-0.15, -0.1) is 11.6 Å². The molecule has 160 valence electrons. The zero-order valence-corrected chi connectivity index (χ0v) is 19.3. The third-order valence-electron chi connectivity index (χ3n) is 5.33. The van der Waals surface area contributed by atoms with E-state index in [0.29, 0.717) is 24.0 Å². The van der Waals surface area contributed by atoms with Gasteiger partial charge in [-0.3, -0.25) is 0 Å². The van der Waals surface area contributed by atoms with Crippen molar-refractivity contribution in [3.8, 4) is 5.75 Å². The van der Waals surface area contributed by atoms with Gasteiger partial charge in [-0.25, -0.2) is 0 Å². The van der Waals surface area contributed by atoms with Crippen LogP contribution in [0.3, 0.4) is 0 Å². The van der Waals surface area contributed by atoms with E-state index >= 15 is 0 Å². The van der Waals surface area contributed by atoms with Gasteiger partial charge in [-0.05, 0) is 47.8 Å². The van der Waals surface area contributed by atoms with Gasteiger partial charge in [0.25, 0.3) is 0 Å². The minimum atomic E-state index is -0.763. The van der Waals surface area contributed by atoms with E-state index in [1.165, 1.54) is 0 Å². The van der Waals surface area contributed by atoms with Crippen LogP contribution in [0.2, 0.25) is 5.02 Å². The monoisotopic (exact) mass is 444 g/mol. The lowest BCUT2D eigenvalue weighted by molar-refractivity contribution is -0.00973. The molecule has 2 unspecified atom stereocenters. The number of hydrogen-bond acceptors (Lipinski definition) is 2. The number of rotatable bonds is 10. The second-order valence-corrected chi connectivity index (χ2v) is 8.44. The first-order valence-corrected chi connectivity index (χ1v) is 11.6. The van der Waals surface area contributed by atoms with Crippen molar-refractivity contribution in [2.45, 2.75) is 50.5 Å². The van der Waals surface area contributed by atoms with Crippen molar-refractivity contribution in [2.75, 3.05) is 13.2 Å². The van der Waals surface area contributed by atoms with Gasteiger partial charge < -0.3 is 9.47 Å². The highest BCUT2D eigenvalue weighted by molar-refractivity contribution is 6.32. The van der Waals surface area contributed by atoms with Crippen LogP contribution in [0.4, 0.5) is 0 Å². The summed E-state index contributed by atoms with van der Waals surface area (Å²) in [5.41, 5.74) is 2.40. The van der Waals surface area contributed by atoms with Crippen molar-refractivity contribution in [1.82, 2.24) is 0 Å². The van der Waals surface area contributed by atoms with Crippen molar-refractivity contribution >= 4 is 28.8 Å². The molecule has 0 aromatic heterocycles. The Bertz CT molecular complexity index is 876. The molecule has 0 fully saturated rings. The molecule has 2 nitrogen and oxygen atoms in total. The fraction of sp³-hybridized carbons (Fsp3) is 0.385. The third kappa shape index (κ3) is 5.29. The van der Waals surface area contributed by atoms with Crippen LogP contribution in [-0.4, -0.2) is 18.6 Å². The molecule has 0 saturated heterocycles. The number of ether oxygens (including phenoxy) is 2. The lowest BCUT2D eigenvalue weighted by atomic mass is 9.83. The van der Waals surface area contributed by atoms with E-state index in [1.54, 1.807) is 0 Å². The summed E-state index contributed by atoms with van der Waals surface area (Å²) < 4.78 is 12.2. The first-order chi connectivity index (χ1) is 14.6. The first kappa shape index (κ1) is 22.9. The smallest absolute Gasteiger partial charge is 0.137 e. The molecule has 0 spiro atoms. The molecule has 2 aromatic carbocycles. The third-order valence-corrected chi connectivity index (χ3v) is 6.08. The molecule has 0 heterocycles. The maximum absolute atomic E-state index is 6.97. The summed E-state index contributed by atoms with van der Waals surface area (Å²) in [6.45, 7) is 5.58. The van der Waals surface area contributed by atoms with Crippen LogP contribution in [0.1, 0.15) is 50.7 Å². The Morgan fingerprint density at radius 3 is 2.37 bits per heavy atom.